The Morgan fingerprint density at radius 2 is 2.41 bits per heavy atom. The number of aromatic nitrogens is 2. The zero-order valence-electron chi connectivity index (χ0n) is 9.59. The van der Waals surface area contributed by atoms with E-state index in [1.54, 1.807) is 17.7 Å². The number of aliphatic carboxylic acids is 1. The first-order valence-corrected chi connectivity index (χ1v) is 5.70. The molecule has 92 valence electrons. The number of carboxylic acid groups (broad SMARTS) is 1. The predicted octanol–water partition coefficient (Wildman–Crippen LogP) is 0.853. The minimum absolute atomic E-state index is 0.119. The molecule has 1 atom stereocenters. The highest BCUT2D eigenvalue weighted by molar-refractivity contribution is 5.76. The number of rotatable bonds is 5. The van der Waals surface area contributed by atoms with Crippen LogP contribution in [0.2, 0.25) is 0 Å². The summed E-state index contributed by atoms with van der Waals surface area (Å²) in [4.78, 5) is 26.8. The third-order valence-corrected chi connectivity index (χ3v) is 2.83. The van der Waals surface area contributed by atoms with Gasteiger partial charge >= 0.3 is 5.97 Å². The molecule has 2 N–H and O–H groups in total. The molecule has 0 aliphatic heterocycles. The van der Waals surface area contributed by atoms with Crippen molar-refractivity contribution in [3.05, 3.63) is 22.7 Å². The van der Waals surface area contributed by atoms with Crippen molar-refractivity contribution in [1.82, 2.24) is 9.55 Å². The number of hydrogen-bond acceptors (Lipinski definition) is 4. The Balaban J connectivity index is 2.23. The first kappa shape index (κ1) is 11.6. The Morgan fingerprint density at radius 3 is 2.94 bits per heavy atom. The molecule has 17 heavy (non-hydrogen) atoms. The Kier molecular flexibility index (Phi) is 3.12. The second kappa shape index (κ2) is 4.57. The minimum Gasteiger partial charge on any atom is -0.480 e. The standard InChI is InChI=1S/C11H15N3O3/c1-2-8(11(16)17)13-9-10(15)14(6-5-12-9)7-3-4-7/h5-8H,2-4H2,1H3,(H,12,13)(H,16,17). The molecular formula is C11H15N3O3. The van der Waals surface area contributed by atoms with E-state index >= 15 is 0 Å². The molecule has 1 aliphatic rings. The Morgan fingerprint density at radius 1 is 1.71 bits per heavy atom. The van der Waals surface area contributed by atoms with Crippen LogP contribution in [-0.2, 0) is 4.79 Å². The molecular weight excluding hydrogens is 222 g/mol. The van der Waals surface area contributed by atoms with Gasteiger partial charge in [-0.05, 0) is 19.3 Å². The molecule has 1 saturated carbocycles. The summed E-state index contributed by atoms with van der Waals surface area (Å²) < 4.78 is 1.61. The van der Waals surface area contributed by atoms with Gasteiger partial charge in [0.2, 0.25) is 0 Å². The average molecular weight is 237 g/mol. The van der Waals surface area contributed by atoms with Crippen LogP contribution in [-0.4, -0.2) is 26.7 Å². The highest BCUT2D eigenvalue weighted by Crippen LogP contribution is 2.33. The molecule has 1 aliphatic carbocycles. The molecule has 0 amide bonds. The number of anilines is 1. The lowest BCUT2D eigenvalue weighted by Gasteiger charge is -2.13. The molecule has 1 heterocycles. The Hall–Kier alpha value is -1.85. The maximum atomic E-state index is 12.0. The van der Waals surface area contributed by atoms with E-state index in [1.807, 2.05) is 0 Å². The predicted molar refractivity (Wildman–Crippen MR) is 62.1 cm³/mol. The van der Waals surface area contributed by atoms with Crippen molar-refractivity contribution >= 4 is 11.8 Å². The molecule has 2 rings (SSSR count). The van der Waals surface area contributed by atoms with E-state index in [9.17, 15) is 9.59 Å². The van der Waals surface area contributed by atoms with E-state index < -0.39 is 12.0 Å². The van der Waals surface area contributed by atoms with E-state index in [4.69, 9.17) is 5.11 Å². The summed E-state index contributed by atoms with van der Waals surface area (Å²) in [6.45, 7) is 1.74. The zero-order valence-corrected chi connectivity index (χ0v) is 9.59. The molecule has 0 bridgehead atoms. The first-order valence-electron chi connectivity index (χ1n) is 5.70. The van der Waals surface area contributed by atoms with Gasteiger partial charge in [0.1, 0.15) is 6.04 Å². The monoisotopic (exact) mass is 237 g/mol. The fourth-order valence-electron chi connectivity index (χ4n) is 1.67. The summed E-state index contributed by atoms with van der Waals surface area (Å²) in [7, 11) is 0. The summed E-state index contributed by atoms with van der Waals surface area (Å²) in [5.74, 6) is -0.857. The van der Waals surface area contributed by atoms with Gasteiger partial charge in [0, 0.05) is 18.4 Å². The molecule has 0 saturated heterocycles. The van der Waals surface area contributed by atoms with E-state index in [0.717, 1.165) is 12.8 Å². The number of hydrogen-bond donors (Lipinski definition) is 2. The number of nitrogens with one attached hydrogen (secondary N) is 1. The molecule has 0 aromatic carbocycles. The van der Waals surface area contributed by atoms with Gasteiger partial charge in [-0.3, -0.25) is 4.79 Å². The second-order valence-electron chi connectivity index (χ2n) is 4.16. The third-order valence-electron chi connectivity index (χ3n) is 2.83. The van der Waals surface area contributed by atoms with Gasteiger partial charge in [-0.15, -0.1) is 0 Å². The fourth-order valence-corrected chi connectivity index (χ4v) is 1.67. The van der Waals surface area contributed by atoms with Crippen LogP contribution in [0.4, 0.5) is 5.82 Å². The lowest BCUT2D eigenvalue weighted by molar-refractivity contribution is -0.137. The van der Waals surface area contributed by atoms with Gasteiger partial charge in [-0.25, -0.2) is 9.78 Å². The van der Waals surface area contributed by atoms with Crippen LogP contribution < -0.4 is 10.9 Å². The molecule has 1 aromatic heterocycles. The SMILES string of the molecule is CCC(Nc1nccn(C2CC2)c1=O)C(=O)O. The largest absolute Gasteiger partial charge is 0.480 e. The van der Waals surface area contributed by atoms with Crippen LogP contribution in [0.3, 0.4) is 0 Å². The normalized spacial score (nSPS) is 16.5. The zero-order chi connectivity index (χ0) is 12.4. The summed E-state index contributed by atoms with van der Waals surface area (Å²) in [6, 6.07) is -0.513. The van der Waals surface area contributed by atoms with E-state index in [-0.39, 0.29) is 17.4 Å². The van der Waals surface area contributed by atoms with Crippen LogP contribution in [0, 0.1) is 0 Å². The Bertz CT molecular complexity index is 479. The topological polar surface area (TPSA) is 84.2 Å². The van der Waals surface area contributed by atoms with Gasteiger partial charge in [0.15, 0.2) is 5.82 Å². The summed E-state index contributed by atoms with van der Waals surface area (Å²) in [6.07, 6.45) is 5.57. The van der Waals surface area contributed by atoms with Crippen molar-refractivity contribution in [3.8, 4) is 0 Å². The van der Waals surface area contributed by atoms with E-state index in [0.29, 0.717) is 6.42 Å². The average Bonchev–Trinajstić information content (AvgIpc) is 3.11. The van der Waals surface area contributed by atoms with Crippen LogP contribution in [0.15, 0.2) is 17.2 Å². The molecule has 0 radical (unpaired) electrons. The molecule has 0 spiro atoms. The van der Waals surface area contributed by atoms with Crippen LogP contribution in [0.5, 0.6) is 0 Å². The maximum absolute atomic E-state index is 12.0. The van der Waals surface area contributed by atoms with Crippen LogP contribution >= 0.6 is 0 Å². The van der Waals surface area contributed by atoms with Gasteiger partial charge in [-0.2, -0.15) is 0 Å². The van der Waals surface area contributed by atoms with E-state index in [2.05, 4.69) is 10.3 Å². The molecule has 1 unspecified atom stereocenters. The fraction of sp³-hybridized carbons (Fsp3) is 0.545. The molecule has 6 heteroatoms. The van der Waals surface area contributed by atoms with Crippen molar-refractivity contribution < 1.29 is 9.90 Å². The first-order chi connectivity index (χ1) is 8.13. The van der Waals surface area contributed by atoms with Crippen molar-refractivity contribution in [3.63, 3.8) is 0 Å². The lowest BCUT2D eigenvalue weighted by Crippen LogP contribution is -2.33. The molecule has 1 fully saturated rings. The van der Waals surface area contributed by atoms with Crippen LogP contribution in [0.25, 0.3) is 0 Å². The highest BCUT2D eigenvalue weighted by Gasteiger charge is 2.26. The van der Waals surface area contributed by atoms with Crippen LogP contribution in [0.1, 0.15) is 32.2 Å². The van der Waals surface area contributed by atoms with Gasteiger partial charge < -0.3 is 15.0 Å². The second-order valence-corrected chi connectivity index (χ2v) is 4.16. The molecule has 6 nitrogen and oxygen atoms in total. The third kappa shape index (κ3) is 2.46. The van der Waals surface area contributed by atoms with Crippen molar-refractivity contribution in [1.29, 1.82) is 0 Å². The lowest BCUT2D eigenvalue weighted by atomic mass is 10.2. The Labute approximate surface area is 98.3 Å². The maximum Gasteiger partial charge on any atom is 0.326 e. The van der Waals surface area contributed by atoms with Crippen molar-refractivity contribution in [2.45, 2.75) is 38.3 Å². The van der Waals surface area contributed by atoms with E-state index in [1.165, 1.54) is 6.20 Å². The van der Waals surface area contributed by atoms with Crippen molar-refractivity contribution in [2.75, 3.05) is 5.32 Å². The highest BCUT2D eigenvalue weighted by atomic mass is 16.4. The number of carbonyl (C=O) groups is 1. The van der Waals surface area contributed by atoms with Crippen molar-refractivity contribution in [2.24, 2.45) is 0 Å². The molecule has 1 aromatic rings. The summed E-state index contributed by atoms with van der Waals surface area (Å²) >= 11 is 0. The quantitative estimate of drug-likeness (QED) is 0.793. The number of nitrogens with zero attached hydrogens (tertiary/aromatic N) is 2. The summed E-state index contributed by atoms with van der Waals surface area (Å²) in [5, 5.41) is 11.6. The minimum atomic E-state index is -0.976. The number of carboxylic acids is 1. The summed E-state index contributed by atoms with van der Waals surface area (Å²) in [5.41, 5.74) is -0.241. The van der Waals surface area contributed by atoms with Gasteiger partial charge in [0.25, 0.3) is 5.56 Å². The smallest absolute Gasteiger partial charge is 0.326 e. The van der Waals surface area contributed by atoms with Gasteiger partial charge in [0.05, 0.1) is 0 Å². The van der Waals surface area contributed by atoms with Gasteiger partial charge in [-0.1, -0.05) is 6.92 Å².